The van der Waals surface area contributed by atoms with Gasteiger partial charge in [0.2, 0.25) is 0 Å². The lowest BCUT2D eigenvalue weighted by Crippen LogP contribution is -2.12. The van der Waals surface area contributed by atoms with Gasteiger partial charge < -0.3 is 4.57 Å². The molecular formula is C44H32N4S. The van der Waals surface area contributed by atoms with Gasteiger partial charge in [-0.05, 0) is 64.9 Å². The van der Waals surface area contributed by atoms with Gasteiger partial charge in [0.15, 0.2) is 0 Å². The van der Waals surface area contributed by atoms with E-state index >= 15 is 0 Å². The number of hydrogen-bond acceptors (Lipinski definition) is 3. The summed E-state index contributed by atoms with van der Waals surface area (Å²) in [4.78, 5) is 9.97. The lowest BCUT2D eigenvalue weighted by molar-refractivity contribution is 0.588. The highest BCUT2D eigenvalue weighted by molar-refractivity contribution is 7.21. The Balaban J connectivity index is 1.30. The van der Waals surface area contributed by atoms with E-state index in [1.165, 1.54) is 48.1 Å². The van der Waals surface area contributed by atoms with Gasteiger partial charge in [-0.2, -0.15) is 0 Å². The Morgan fingerprint density at radius 3 is 2.16 bits per heavy atom. The summed E-state index contributed by atoms with van der Waals surface area (Å²) in [5.41, 5.74) is 9.21. The van der Waals surface area contributed by atoms with E-state index in [0.29, 0.717) is 0 Å². The highest BCUT2D eigenvalue weighted by Gasteiger charge is 2.21. The van der Waals surface area contributed by atoms with Crippen molar-refractivity contribution in [3.8, 4) is 22.1 Å². The smallest absolute Gasteiger partial charge is 0.137 e. The van der Waals surface area contributed by atoms with Crippen molar-refractivity contribution in [2.75, 3.05) is 0 Å². The molecule has 0 saturated carbocycles. The second kappa shape index (κ2) is 10.4. The molecule has 49 heavy (non-hydrogen) atoms. The normalized spacial score (nSPS) is 12.4. The summed E-state index contributed by atoms with van der Waals surface area (Å²) in [6.45, 7) is 6.77. The lowest BCUT2D eigenvalue weighted by Gasteiger charge is -2.20. The number of pyridine rings is 1. The summed E-state index contributed by atoms with van der Waals surface area (Å²) in [6, 6.07) is 48.5. The first-order valence-corrected chi connectivity index (χ1v) is 17.6. The molecule has 0 aliphatic carbocycles. The van der Waals surface area contributed by atoms with Crippen molar-refractivity contribution in [3.63, 3.8) is 0 Å². The molecule has 4 heterocycles. The van der Waals surface area contributed by atoms with Crippen LogP contribution in [0.4, 0.5) is 0 Å². The summed E-state index contributed by atoms with van der Waals surface area (Å²) < 4.78 is 6.00. The minimum Gasteiger partial charge on any atom is -0.309 e. The van der Waals surface area contributed by atoms with E-state index in [9.17, 15) is 0 Å². The van der Waals surface area contributed by atoms with E-state index in [4.69, 9.17) is 9.97 Å². The molecule has 0 aliphatic heterocycles. The van der Waals surface area contributed by atoms with Gasteiger partial charge in [-0.15, -0.1) is 11.3 Å². The van der Waals surface area contributed by atoms with Gasteiger partial charge in [0.25, 0.3) is 0 Å². The van der Waals surface area contributed by atoms with Crippen molar-refractivity contribution >= 4 is 75.9 Å². The number of aromatic nitrogens is 4. The van der Waals surface area contributed by atoms with Crippen LogP contribution in [-0.2, 0) is 5.41 Å². The molecule has 0 unspecified atom stereocenters. The Bertz CT molecular complexity index is 2900. The van der Waals surface area contributed by atoms with Crippen LogP contribution in [0.5, 0.6) is 0 Å². The van der Waals surface area contributed by atoms with Crippen molar-refractivity contribution in [3.05, 3.63) is 145 Å². The number of rotatable bonds is 3. The number of para-hydroxylation sites is 2. The zero-order valence-electron chi connectivity index (χ0n) is 27.5. The Kier molecular flexibility index (Phi) is 5.97. The minimum absolute atomic E-state index is 0.00656. The van der Waals surface area contributed by atoms with Crippen molar-refractivity contribution in [1.82, 2.24) is 19.1 Å². The Morgan fingerprint density at radius 2 is 1.29 bits per heavy atom. The van der Waals surface area contributed by atoms with Gasteiger partial charge in [0, 0.05) is 44.4 Å². The molecule has 4 aromatic heterocycles. The summed E-state index contributed by atoms with van der Waals surface area (Å²) in [5.74, 6) is 0.932. The van der Waals surface area contributed by atoms with Crippen LogP contribution in [-0.4, -0.2) is 19.1 Å². The highest BCUT2D eigenvalue weighted by Crippen LogP contribution is 2.41. The first-order chi connectivity index (χ1) is 23.9. The van der Waals surface area contributed by atoms with Crippen molar-refractivity contribution in [2.24, 2.45) is 0 Å². The van der Waals surface area contributed by atoms with Crippen molar-refractivity contribution in [2.45, 2.75) is 26.2 Å². The zero-order valence-corrected chi connectivity index (χ0v) is 28.3. The first kappa shape index (κ1) is 28.3. The molecule has 0 N–H and O–H groups in total. The number of hydrogen-bond donors (Lipinski definition) is 0. The molecule has 0 fully saturated rings. The van der Waals surface area contributed by atoms with E-state index in [1.54, 1.807) is 11.3 Å². The molecule has 0 bridgehead atoms. The number of thiazole rings is 1. The lowest BCUT2D eigenvalue weighted by atomic mass is 9.88. The van der Waals surface area contributed by atoms with Crippen LogP contribution in [0.1, 0.15) is 26.3 Å². The molecule has 10 rings (SSSR count). The standard InChI is InChI=1S/C44H32N4S/c1-44(2,3)29-22-23-45-41(25-29)48-37-14-8-6-12-32(37)33-21-18-30(26-39(33)48)47-38-24-28(43-46-36-13-7-9-15-40(36)49-43)17-19-34(38)35-20-16-27-10-4-5-11-31(27)42(35)47/h4-26H,1-3H3. The fourth-order valence-corrected chi connectivity index (χ4v) is 8.49. The van der Waals surface area contributed by atoms with Gasteiger partial charge >= 0.3 is 0 Å². The van der Waals surface area contributed by atoms with Gasteiger partial charge in [0.1, 0.15) is 10.8 Å². The van der Waals surface area contributed by atoms with Crippen molar-refractivity contribution in [1.29, 1.82) is 0 Å². The topological polar surface area (TPSA) is 35.6 Å². The molecule has 4 nitrogen and oxygen atoms in total. The van der Waals surface area contributed by atoms with Crippen LogP contribution in [0.15, 0.2) is 140 Å². The number of nitrogens with zero attached hydrogens (tertiary/aromatic N) is 4. The second-order valence-electron chi connectivity index (χ2n) is 13.9. The largest absolute Gasteiger partial charge is 0.309 e. The molecule has 5 heteroatoms. The molecule has 0 spiro atoms. The summed E-state index contributed by atoms with van der Waals surface area (Å²) in [5, 5.41) is 8.39. The molecular weight excluding hydrogens is 617 g/mol. The molecule has 0 radical (unpaired) electrons. The van der Waals surface area contributed by atoms with Gasteiger partial charge in [-0.1, -0.05) is 106 Å². The molecule has 10 aromatic rings. The van der Waals surface area contributed by atoms with E-state index in [1.807, 2.05) is 6.20 Å². The van der Waals surface area contributed by atoms with Crippen LogP contribution in [0.2, 0.25) is 0 Å². The van der Waals surface area contributed by atoms with Gasteiger partial charge in [-0.3, -0.25) is 4.57 Å². The molecule has 0 atom stereocenters. The Morgan fingerprint density at radius 1 is 0.571 bits per heavy atom. The fourth-order valence-electron chi connectivity index (χ4n) is 7.53. The van der Waals surface area contributed by atoms with Crippen LogP contribution in [0.25, 0.3) is 86.7 Å². The predicted molar refractivity (Wildman–Crippen MR) is 208 cm³/mol. The third-order valence-electron chi connectivity index (χ3n) is 9.95. The summed E-state index contributed by atoms with van der Waals surface area (Å²) >= 11 is 1.75. The third kappa shape index (κ3) is 4.29. The van der Waals surface area contributed by atoms with E-state index in [2.05, 4.69) is 163 Å². The number of fused-ring (bicyclic) bond motifs is 9. The average molecular weight is 649 g/mol. The van der Waals surface area contributed by atoms with Crippen molar-refractivity contribution < 1.29 is 0 Å². The molecule has 0 amide bonds. The Labute approximate surface area is 287 Å². The minimum atomic E-state index is 0.00656. The Hall–Kier alpha value is -5.78. The number of benzene rings is 6. The van der Waals surface area contributed by atoms with Crippen LogP contribution >= 0.6 is 11.3 Å². The maximum Gasteiger partial charge on any atom is 0.137 e. The van der Waals surface area contributed by atoms with E-state index < -0.39 is 0 Å². The maximum absolute atomic E-state index is 5.03. The second-order valence-corrected chi connectivity index (χ2v) is 15.0. The SMILES string of the molecule is CC(C)(C)c1ccnc(-n2c3ccccc3c3ccc(-n4c5cc(-c6nc7ccccc7s6)ccc5c5ccc6ccccc6c54)cc32)c1. The molecule has 0 aliphatic rings. The first-order valence-electron chi connectivity index (χ1n) is 16.7. The van der Waals surface area contributed by atoms with E-state index in [-0.39, 0.29) is 5.41 Å². The van der Waals surface area contributed by atoms with Gasteiger partial charge in [0.05, 0.1) is 32.3 Å². The molecule has 6 aromatic carbocycles. The predicted octanol–water partition coefficient (Wildman–Crippen LogP) is 12.0. The average Bonchev–Trinajstić information content (AvgIpc) is 3.81. The van der Waals surface area contributed by atoms with Crippen LogP contribution in [0.3, 0.4) is 0 Å². The highest BCUT2D eigenvalue weighted by atomic mass is 32.1. The van der Waals surface area contributed by atoms with Crippen LogP contribution in [0, 0.1) is 0 Å². The fraction of sp³-hybridized carbons (Fsp3) is 0.0909. The third-order valence-corrected chi connectivity index (χ3v) is 11.0. The quantitative estimate of drug-likeness (QED) is 0.191. The summed E-state index contributed by atoms with van der Waals surface area (Å²) in [6.07, 6.45) is 1.95. The molecule has 234 valence electrons. The van der Waals surface area contributed by atoms with E-state index in [0.717, 1.165) is 44.1 Å². The molecule has 0 saturated heterocycles. The van der Waals surface area contributed by atoms with Crippen LogP contribution < -0.4 is 0 Å². The maximum atomic E-state index is 5.03. The zero-order chi connectivity index (χ0) is 32.9. The monoisotopic (exact) mass is 648 g/mol. The summed E-state index contributed by atoms with van der Waals surface area (Å²) in [7, 11) is 0. The van der Waals surface area contributed by atoms with Gasteiger partial charge in [-0.25, -0.2) is 9.97 Å².